The zero-order valence-electron chi connectivity index (χ0n) is 16.8. The third-order valence-corrected chi connectivity index (χ3v) is 2.77. The number of aliphatic hydroxyl groups is 2. The normalized spacial score (nSPS) is 12.7. The molecule has 0 fully saturated rings. The zero-order valence-corrected chi connectivity index (χ0v) is 16.8. The molecule has 0 bridgehead atoms. The SMILES string of the molecule is CC(C)(O)COCCOCCOCCOCCOCCOCC(C)(C)O. The lowest BCUT2D eigenvalue weighted by atomic mass is 10.2. The minimum Gasteiger partial charge on any atom is -0.388 e. The van der Waals surface area contributed by atoms with E-state index in [-0.39, 0.29) is 0 Å². The van der Waals surface area contributed by atoms with Crippen molar-refractivity contribution in [3.05, 3.63) is 0 Å². The van der Waals surface area contributed by atoms with Crippen molar-refractivity contribution in [2.45, 2.75) is 38.9 Å². The summed E-state index contributed by atoms with van der Waals surface area (Å²) in [6.45, 7) is 12.3. The first kappa shape index (κ1) is 25.7. The zero-order chi connectivity index (χ0) is 19.7. The van der Waals surface area contributed by atoms with Gasteiger partial charge in [0.1, 0.15) is 0 Å². The maximum absolute atomic E-state index is 9.45. The van der Waals surface area contributed by atoms with Gasteiger partial charge in [0.05, 0.1) is 90.5 Å². The Bertz CT molecular complexity index is 269. The van der Waals surface area contributed by atoms with Crippen LogP contribution in [0.1, 0.15) is 27.7 Å². The summed E-state index contributed by atoms with van der Waals surface area (Å²) in [5.74, 6) is 0. The monoisotopic (exact) mass is 382 g/mol. The highest BCUT2D eigenvalue weighted by atomic mass is 16.6. The summed E-state index contributed by atoms with van der Waals surface area (Å²) in [5.41, 5.74) is -1.61. The first-order chi connectivity index (χ1) is 12.2. The van der Waals surface area contributed by atoms with Crippen LogP contribution in [-0.4, -0.2) is 101 Å². The van der Waals surface area contributed by atoms with Crippen LogP contribution in [0.25, 0.3) is 0 Å². The van der Waals surface area contributed by atoms with Crippen LogP contribution in [0.3, 0.4) is 0 Å². The molecule has 0 amide bonds. The van der Waals surface area contributed by atoms with Crippen LogP contribution in [0.2, 0.25) is 0 Å². The second kappa shape index (κ2) is 15.7. The Balaban J connectivity index is 3.07. The Kier molecular flexibility index (Phi) is 15.5. The molecular weight excluding hydrogens is 344 g/mol. The lowest BCUT2D eigenvalue weighted by molar-refractivity contribution is -0.0485. The molecule has 0 aromatic carbocycles. The van der Waals surface area contributed by atoms with Crippen molar-refractivity contribution < 1.29 is 38.6 Å². The summed E-state index contributed by atoms with van der Waals surface area (Å²) < 4.78 is 31.9. The third-order valence-electron chi connectivity index (χ3n) is 2.77. The maximum Gasteiger partial charge on any atom is 0.0824 e. The lowest BCUT2D eigenvalue weighted by Gasteiger charge is -2.16. The number of hydrogen-bond acceptors (Lipinski definition) is 8. The summed E-state index contributed by atoms with van der Waals surface area (Å²) in [6, 6.07) is 0. The molecular formula is C18H38O8. The average Bonchev–Trinajstić information content (AvgIpc) is 2.51. The van der Waals surface area contributed by atoms with Crippen molar-refractivity contribution in [2.24, 2.45) is 0 Å². The van der Waals surface area contributed by atoms with Crippen molar-refractivity contribution in [2.75, 3.05) is 79.3 Å². The molecule has 0 radical (unpaired) electrons. The standard InChI is InChI=1S/C18H38O8/c1-17(2,19)15-25-13-11-23-9-7-21-5-6-22-8-10-24-12-14-26-16-18(3,4)20/h19-20H,5-16H2,1-4H3. The van der Waals surface area contributed by atoms with Crippen molar-refractivity contribution in [1.82, 2.24) is 0 Å². The van der Waals surface area contributed by atoms with Gasteiger partial charge >= 0.3 is 0 Å². The van der Waals surface area contributed by atoms with Crippen LogP contribution in [0.5, 0.6) is 0 Å². The van der Waals surface area contributed by atoms with Crippen LogP contribution < -0.4 is 0 Å². The van der Waals surface area contributed by atoms with Crippen LogP contribution in [0.15, 0.2) is 0 Å². The Hall–Kier alpha value is -0.320. The highest BCUT2D eigenvalue weighted by Gasteiger charge is 2.12. The molecule has 8 heteroatoms. The van der Waals surface area contributed by atoms with Crippen molar-refractivity contribution in [3.8, 4) is 0 Å². The quantitative estimate of drug-likeness (QED) is 0.314. The average molecular weight is 382 g/mol. The summed E-state index contributed by atoms with van der Waals surface area (Å²) in [7, 11) is 0. The fourth-order valence-electron chi connectivity index (χ4n) is 1.64. The minimum atomic E-state index is -0.807. The van der Waals surface area contributed by atoms with Gasteiger partial charge in [-0.3, -0.25) is 0 Å². The van der Waals surface area contributed by atoms with Crippen LogP contribution >= 0.6 is 0 Å². The summed E-state index contributed by atoms with van der Waals surface area (Å²) >= 11 is 0. The number of ether oxygens (including phenoxy) is 6. The highest BCUT2D eigenvalue weighted by molar-refractivity contribution is 4.62. The Morgan fingerprint density at radius 3 is 0.808 bits per heavy atom. The lowest BCUT2D eigenvalue weighted by Crippen LogP contribution is -2.27. The molecule has 2 N–H and O–H groups in total. The molecule has 0 saturated carbocycles. The molecule has 158 valence electrons. The van der Waals surface area contributed by atoms with Crippen LogP contribution in [0, 0.1) is 0 Å². The van der Waals surface area contributed by atoms with E-state index >= 15 is 0 Å². The third kappa shape index (κ3) is 23.7. The molecule has 0 spiro atoms. The molecule has 0 aromatic rings. The van der Waals surface area contributed by atoms with E-state index in [2.05, 4.69) is 0 Å². The fourth-order valence-corrected chi connectivity index (χ4v) is 1.64. The van der Waals surface area contributed by atoms with Crippen LogP contribution in [-0.2, 0) is 28.4 Å². The molecule has 0 atom stereocenters. The molecule has 0 unspecified atom stereocenters. The van der Waals surface area contributed by atoms with E-state index in [9.17, 15) is 10.2 Å². The summed E-state index contributed by atoms with van der Waals surface area (Å²) in [6.07, 6.45) is 0. The molecule has 0 aliphatic heterocycles. The second-order valence-electron chi connectivity index (χ2n) is 7.18. The fraction of sp³-hybridized carbons (Fsp3) is 1.00. The van der Waals surface area contributed by atoms with Crippen LogP contribution in [0.4, 0.5) is 0 Å². The smallest absolute Gasteiger partial charge is 0.0824 e. The number of hydrogen-bond donors (Lipinski definition) is 2. The van der Waals surface area contributed by atoms with E-state index in [1.165, 1.54) is 0 Å². The molecule has 0 rings (SSSR count). The Labute approximate surface area is 157 Å². The second-order valence-corrected chi connectivity index (χ2v) is 7.18. The molecule has 26 heavy (non-hydrogen) atoms. The Morgan fingerprint density at radius 2 is 0.615 bits per heavy atom. The highest BCUT2D eigenvalue weighted by Crippen LogP contribution is 2.01. The largest absolute Gasteiger partial charge is 0.388 e. The first-order valence-electron chi connectivity index (χ1n) is 9.12. The van der Waals surface area contributed by atoms with E-state index in [0.717, 1.165) is 0 Å². The maximum atomic E-state index is 9.45. The topological polar surface area (TPSA) is 95.8 Å². The molecule has 8 nitrogen and oxygen atoms in total. The van der Waals surface area contributed by atoms with Gasteiger partial charge in [-0.25, -0.2) is 0 Å². The van der Waals surface area contributed by atoms with Crippen molar-refractivity contribution in [3.63, 3.8) is 0 Å². The molecule has 0 heterocycles. The number of rotatable bonds is 19. The molecule has 0 aliphatic carbocycles. The predicted molar refractivity (Wildman–Crippen MR) is 97.5 cm³/mol. The Morgan fingerprint density at radius 1 is 0.423 bits per heavy atom. The van der Waals surface area contributed by atoms with Crippen molar-refractivity contribution in [1.29, 1.82) is 0 Å². The summed E-state index contributed by atoms with van der Waals surface area (Å²) in [4.78, 5) is 0. The van der Waals surface area contributed by atoms with Gasteiger partial charge in [0.2, 0.25) is 0 Å². The van der Waals surface area contributed by atoms with E-state index in [1.807, 2.05) is 0 Å². The van der Waals surface area contributed by atoms with E-state index in [4.69, 9.17) is 28.4 Å². The summed E-state index contributed by atoms with van der Waals surface area (Å²) in [5, 5.41) is 18.9. The minimum absolute atomic E-state index is 0.293. The van der Waals surface area contributed by atoms with Crippen molar-refractivity contribution >= 4 is 0 Å². The molecule has 0 aliphatic rings. The van der Waals surface area contributed by atoms with E-state index < -0.39 is 11.2 Å². The van der Waals surface area contributed by atoms with Gasteiger partial charge in [0, 0.05) is 0 Å². The van der Waals surface area contributed by atoms with Gasteiger partial charge in [-0.15, -0.1) is 0 Å². The van der Waals surface area contributed by atoms with Gasteiger partial charge in [-0.1, -0.05) is 0 Å². The van der Waals surface area contributed by atoms with E-state index in [1.54, 1.807) is 27.7 Å². The van der Waals surface area contributed by atoms with Gasteiger partial charge in [0.25, 0.3) is 0 Å². The van der Waals surface area contributed by atoms with E-state index in [0.29, 0.717) is 79.3 Å². The van der Waals surface area contributed by atoms with Gasteiger partial charge in [-0.05, 0) is 27.7 Å². The molecule has 0 aromatic heterocycles. The molecule has 0 saturated heterocycles. The van der Waals surface area contributed by atoms with Gasteiger partial charge in [-0.2, -0.15) is 0 Å². The predicted octanol–water partition coefficient (Wildman–Crippen LogP) is 0.628. The first-order valence-corrected chi connectivity index (χ1v) is 9.12. The van der Waals surface area contributed by atoms with Gasteiger partial charge < -0.3 is 38.6 Å². The van der Waals surface area contributed by atoms with Gasteiger partial charge in [0.15, 0.2) is 0 Å².